The third-order valence-electron chi connectivity index (χ3n) is 4.44. The summed E-state index contributed by atoms with van der Waals surface area (Å²) in [5.41, 5.74) is 1.78. The molecule has 0 radical (unpaired) electrons. The number of esters is 1. The Morgan fingerprint density at radius 2 is 1.77 bits per heavy atom. The average Bonchev–Trinajstić information content (AvgIpc) is 3.11. The first-order chi connectivity index (χ1) is 12.3. The maximum atomic E-state index is 11.9. The van der Waals surface area contributed by atoms with Gasteiger partial charge in [0.15, 0.2) is 5.69 Å². The molecular formula is C18H26ClN5O2. The molecule has 0 spiro atoms. The largest absolute Gasteiger partial charge is 0.461 e. The molecule has 142 valence electrons. The van der Waals surface area contributed by atoms with Crippen molar-refractivity contribution in [1.29, 1.82) is 0 Å². The lowest BCUT2D eigenvalue weighted by Gasteiger charge is -2.34. The zero-order chi connectivity index (χ0) is 17.5. The van der Waals surface area contributed by atoms with Crippen molar-refractivity contribution in [3.05, 3.63) is 47.8 Å². The molecule has 7 nitrogen and oxygen atoms in total. The average molecular weight is 380 g/mol. The number of hydrogen-bond acceptors (Lipinski definition) is 6. The van der Waals surface area contributed by atoms with E-state index in [9.17, 15) is 4.79 Å². The number of hydrogen-bond donors (Lipinski definition) is 0. The van der Waals surface area contributed by atoms with Gasteiger partial charge in [-0.3, -0.25) is 9.80 Å². The minimum atomic E-state index is -0.361. The first-order valence-corrected chi connectivity index (χ1v) is 8.80. The summed E-state index contributed by atoms with van der Waals surface area (Å²) in [6.45, 7) is 8.81. The normalized spacial score (nSPS) is 15.4. The first kappa shape index (κ1) is 20.4. The Labute approximate surface area is 160 Å². The summed E-state index contributed by atoms with van der Waals surface area (Å²) in [7, 11) is 0. The minimum Gasteiger partial charge on any atom is -0.461 e. The summed E-state index contributed by atoms with van der Waals surface area (Å²) >= 11 is 0. The summed E-state index contributed by atoms with van der Waals surface area (Å²) in [6, 6.07) is 10.6. The van der Waals surface area contributed by atoms with Gasteiger partial charge in [0.25, 0.3) is 0 Å². The van der Waals surface area contributed by atoms with E-state index in [1.165, 1.54) is 11.8 Å². The highest BCUT2D eigenvalue weighted by molar-refractivity contribution is 5.87. The van der Waals surface area contributed by atoms with Crippen LogP contribution in [0.15, 0.2) is 36.5 Å². The van der Waals surface area contributed by atoms with Crippen molar-refractivity contribution in [2.75, 3.05) is 39.3 Å². The molecule has 8 heteroatoms. The second-order valence-electron chi connectivity index (χ2n) is 6.17. The lowest BCUT2D eigenvalue weighted by molar-refractivity contribution is 0.0509. The summed E-state index contributed by atoms with van der Waals surface area (Å²) < 4.78 is 6.66. The molecule has 0 saturated carbocycles. The topological polar surface area (TPSA) is 63.5 Å². The number of piperazine rings is 1. The van der Waals surface area contributed by atoms with Crippen molar-refractivity contribution in [3.63, 3.8) is 0 Å². The zero-order valence-electron chi connectivity index (χ0n) is 15.1. The predicted octanol–water partition coefficient (Wildman–Crippen LogP) is 1.69. The highest BCUT2D eigenvalue weighted by Crippen LogP contribution is 2.09. The number of carbonyl (C=O) groups excluding carboxylic acids is 1. The molecule has 0 bridgehead atoms. The molecule has 1 saturated heterocycles. The van der Waals surface area contributed by atoms with Crippen LogP contribution in [0, 0.1) is 0 Å². The van der Waals surface area contributed by atoms with Gasteiger partial charge in [-0.25, -0.2) is 9.48 Å². The number of ether oxygens (including phenoxy) is 1. The number of benzene rings is 1. The molecule has 1 fully saturated rings. The van der Waals surface area contributed by atoms with Crippen LogP contribution in [0.4, 0.5) is 0 Å². The van der Waals surface area contributed by atoms with E-state index in [2.05, 4.69) is 50.4 Å². The van der Waals surface area contributed by atoms with E-state index >= 15 is 0 Å². The molecule has 3 rings (SSSR count). The maximum absolute atomic E-state index is 11.9. The van der Waals surface area contributed by atoms with E-state index < -0.39 is 0 Å². The highest BCUT2D eigenvalue weighted by Gasteiger charge is 2.19. The summed E-state index contributed by atoms with van der Waals surface area (Å²) in [4.78, 5) is 16.7. The molecule has 26 heavy (non-hydrogen) atoms. The van der Waals surface area contributed by atoms with Crippen LogP contribution in [-0.4, -0.2) is 70.1 Å². The van der Waals surface area contributed by atoms with E-state index in [0.29, 0.717) is 18.8 Å². The molecule has 0 amide bonds. The molecule has 0 atom stereocenters. The van der Waals surface area contributed by atoms with Gasteiger partial charge in [0.2, 0.25) is 0 Å². The van der Waals surface area contributed by atoms with E-state index in [-0.39, 0.29) is 18.4 Å². The Morgan fingerprint density at radius 1 is 1.08 bits per heavy atom. The van der Waals surface area contributed by atoms with E-state index in [1.807, 2.05) is 0 Å². The summed E-state index contributed by atoms with van der Waals surface area (Å²) in [5.74, 6) is -0.361. The van der Waals surface area contributed by atoms with Gasteiger partial charge in [-0.2, -0.15) is 0 Å². The standard InChI is InChI=1S/C18H25N5O2.ClH/c1-2-25-18(24)17-14-19-20-23(17)13-12-21-8-10-22(11-9-21)15-16-6-4-3-5-7-16;/h3-7,14H,2,8-13,15H2,1H3;1H. The molecule has 1 aliphatic rings. The highest BCUT2D eigenvalue weighted by atomic mass is 35.5. The van der Waals surface area contributed by atoms with E-state index in [4.69, 9.17) is 4.74 Å². The molecular weight excluding hydrogens is 354 g/mol. The van der Waals surface area contributed by atoms with Gasteiger partial charge in [0.05, 0.1) is 19.3 Å². The molecule has 2 heterocycles. The lowest BCUT2D eigenvalue weighted by atomic mass is 10.2. The Morgan fingerprint density at radius 3 is 2.46 bits per heavy atom. The van der Waals surface area contributed by atoms with Crippen LogP contribution in [0.2, 0.25) is 0 Å². The summed E-state index contributed by atoms with van der Waals surface area (Å²) in [6.07, 6.45) is 1.47. The molecule has 1 aliphatic heterocycles. The van der Waals surface area contributed by atoms with Crippen molar-refractivity contribution in [2.45, 2.75) is 20.0 Å². The molecule has 1 aromatic heterocycles. The number of rotatable bonds is 7. The molecule has 0 unspecified atom stereocenters. The Bertz CT molecular complexity index is 671. The second-order valence-corrected chi connectivity index (χ2v) is 6.17. The van der Waals surface area contributed by atoms with Crippen LogP contribution in [0.3, 0.4) is 0 Å². The fourth-order valence-corrected chi connectivity index (χ4v) is 3.03. The van der Waals surface area contributed by atoms with Gasteiger partial charge < -0.3 is 4.74 Å². The molecule has 0 aliphatic carbocycles. The van der Waals surface area contributed by atoms with E-state index in [1.54, 1.807) is 11.6 Å². The molecule has 2 aromatic rings. The van der Waals surface area contributed by atoms with Crippen LogP contribution in [0.1, 0.15) is 23.0 Å². The van der Waals surface area contributed by atoms with Crippen molar-refractivity contribution in [3.8, 4) is 0 Å². The Balaban J connectivity index is 0.00000243. The molecule has 0 N–H and O–H groups in total. The van der Waals surface area contributed by atoms with Crippen LogP contribution in [-0.2, 0) is 17.8 Å². The number of nitrogens with zero attached hydrogens (tertiary/aromatic N) is 5. The van der Waals surface area contributed by atoms with Crippen LogP contribution < -0.4 is 0 Å². The second kappa shape index (κ2) is 10.3. The van der Waals surface area contributed by atoms with Crippen molar-refractivity contribution in [2.24, 2.45) is 0 Å². The fourth-order valence-electron chi connectivity index (χ4n) is 3.03. The molecule has 1 aromatic carbocycles. The maximum Gasteiger partial charge on any atom is 0.358 e. The lowest BCUT2D eigenvalue weighted by Crippen LogP contribution is -2.46. The minimum absolute atomic E-state index is 0. The first-order valence-electron chi connectivity index (χ1n) is 8.80. The number of aromatic nitrogens is 3. The quantitative estimate of drug-likeness (QED) is 0.682. The van der Waals surface area contributed by atoms with Gasteiger partial charge in [0, 0.05) is 39.3 Å². The number of carbonyl (C=O) groups is 1. The Hall–Kier alpha value is -1.96. The van der Waals surface area contributed by atoms with E-state index in [0.717, 1.165) is 39.3 Å². The van der Waals surface area contributed by atoms with Crippen molar-refractivity contribution < 1.29 is 9.53 Å². The van der Waals surface area contributed by atoms with Crippen LogP contribution in [0.5, 0.6) is 0 Å². The predicted molar refractivity (Wildman–Crippen MR) is 101 cm³/mol. The zero-order valence-corrected chi connectivity index (χ0v) is 15.9. The van der Waals surface area contributed by atoms with Crippen LogP contribution >= 0.6 is 12.4 Å². The smallest absolute Gasteiger partial charge is 0.358 e. The number of halogens is 1. The van der Waals surface area contributed by atoms with Crippen molar-refractivity contribution >= 4 is 18.4 Å². The third-order valence-corrected chi connectivity index (χ3v) is 4.44. The monoisotopic (exact) mass is 379 g/mol. The fraction of sp³-hybridized carbons (Fsp3) is 0.500. The van der Waals surface area contributed by atoms with Gasteiger partial charge in [-0.1, -0.05) is 35.5 Å². The summed E-state index contributed by atoms with van der Waals surface area (Å²) in [5, 5.41) is 7.84. The van der Waals surface area contributed by atoms with Gasteiger partial charge in [0.1, 0.15) is 0 Å². The van der Waals surface area contributed by atoms with Crippen LogP contribution in [0.25, 0.3) is 0 Å². The SMILES string of the molecule is CCOC(=O)c1cnnn1CCN1CCN(Cc2ccccc2)CC1.Cl. The Kier molecular flexibility index (Phi) is 8.03. The van der Waals surface area contributed by atoms with Crippen molar-refractivity contribution in [1.82, 2.24) is 24.8 Å². The van der Waals surface area contributed by atoms with Gasteiger partial charge in [-0.15, -0.1) is 17.5 Å². The van der Waals surface area contributed by atoms with Gasteiger partial charge >= 0.3 is 5.97 Å². The van der Waals surface area contributed by atoms with Gasteiger partial charge in [-0.05, 0) is 12.5 Å². The third kappa shape index (κ3) is 5.52.